The smallest absolute Gasteiger partial charge is 0.417 e. The Hall–Kier alpha value is -1.27. The normalized spacial score (nSPS) is 13.6. The Kier molecular flexibility index (Phi) is 3.73. The van der Waals surface area contributed by atoms with E-state index in [-0.39, 0.29) is 10.2 Å². The van der Waals surface area contributed by atoms with Crippen LogP contribution in [0.3, 0.4) is 0 Å². The van der Waals surface area contributed by atoms with Crippen LogP contribution in [0, 0.1) is 0 Å². The summed E-state index contributed by atoms with van der Waals surface area (Å²) in [7, 11) is 0. The van der Waals surface area contributed by atoms with Gasteiger partial charge in [0.15, 0.2) is 0 Å². The lowest BCUT2D eigenvalue weighted by Gasteiger charge is -2.10. The monoisotopic (exact) mass is 334 g/mol. The Labute approximate surface area is 116 Å². The van der Waals surface area contributed by atoms with E-state index in [4.69, 9.17) is 4.42 Å². The van der Waals surface area contributed by atoms with Gasteiger partial charge in [-0.1, -0.05) is 22.0 Å². The number of aliphatic hydroxyl groups excluding tert-OH is 1. The van der Waals surface area contributed by atoms with Crippen molar-refractivity contribution < 1.29 is 22.7 Å². The van der Waals surface area contributed by atoms with E-state index >= 15 is 0 Å². The van der Waals surface area contributed by atoms with Crippen LogP contribution in [0.15, 0.2) is 39.2 Å². The van der Waals surface area contributed by atoms with E-state index in [9.17, 15) is 18.3 Å². The van der Waals surface area contributed by atoms with Crippen molar-refractivity contribution in [3.05, 3.63) is 46.1 Å². The van der Waals surface area contributed by atoms with Crippen molar-refractivity contribution in [3.63, 3.8) is 0 Å². The van der Waals surface area contributed by atoms with Crippen LogP contribution in [-0.4, -0.2) is 5.11 Å². The highest BCUT2D eigenvalue weighted by Crippen LogP contribution is 2.37. The molecule has 102 valence electrons. The standard InChI is InChI=1S/C13H10BrF3O2/c1-7(18)11-4-5-12(19-11)8-2-3-10(14)9(6-8)13(15,16)17/h2-7,18H,1H3. The number of rotatable bonds is 2. The molecule has 19 heavy (non-hydrogen) atoms. The van der Waals surface area contributed by atoms with Gasteiger partial charge in [-0.15, -0.1) is 0 Å². The summed E-state index contributed by atoms with van der Waals surface area (Å²) in [5.74, 6) is 0.598. The van der Waals surface area contributed by atoms with Gasteiger partial charge in [0, 0.05) is 10.0 Å². The second kappa shape index (κ2) is 5.02. The summed E-state index contributed by atoms with van der Waals surface area (Å²) in [4.78, 5) is 0. The van der Waals surface area contributed by atoms with Crippen molar-refractivity contribution in [2.24, 2.45) is 0 Å². The molecule has 1 unspecified atom stereocenters. The Bertz CT molecular complexity index is 588. The number of halogens is 4. The van der Waals surface area contributed by atoms with Crippen molar-refractivity contribution in [2.45, 2.75) is 19.2 Å². The predicted octanol–water partition coefficient (Wildman–Crippen LogP) is 4.78. The van der Waals surface area contributed by atoms with E-state index in [0.29, 0.717) is 11.3 Å². The molecule has 2 nitrogen and oxygen atoms in total. The Morgan fingerprint density at radius 2 is 1.89 bits per heavy atom. The fourth-order valence-corrected chi connectivity index (χ4v) is 2.10. The first-order chi connectivity index (χ1) is 8.79. The third kappa shape index (κ3) is 3.01. The maximum absolute atomic E-state index is 12.8. The minimum atomic E-state index is -4.44. The second-order valence-corrected chi connectivity index (χ2v) is 4.92. The molecule has 0 amide bonds. The molecule has 0 bridgehead atoms. The zero-order valence-electron chi connectivity index (χ0n) is 9.83. The Morgan fingerprint density at radius 1 is 1.21 bits per heavy atom. The molecule has 0 spiro atoms. The van der Waals surface area contributed by atoms with Crippen LogP contribution in [0.5, 0.6) is 0 Å². The number of hydrogen-bond donors (Lipinski definition) is 1. The van der Waals surface area contributed by atoms with E-state index < -0.39 is 17.8 Å². The van der Waals surface area contributed by atoms with Crippen molar-refractivity contribution >= 4 is 15.9 Å². The quantitative estimate of drug-likeness (QED) is 0.857. The van der Waals surface area contributed by atoms with E-state index in [1.165, 1.54) is 31.2 Å². The lowest BCUT2D eigenvalue weighted by Crippen LogP contribution is -2.06. The second-order valence-electron chi connectivity index (χ2n) is 4.07. The van der Waals surface area contributed by atoms with Crippen LogP contribution in [0.1, 0.15) is 24.4 Å². The van der Waals surface area contributed by atoms with E-state index in [1.807, 2.05) is 0 Å². The van der Waals surface area contributed by atoms with Crippen molar-refractivity contribution in [2.75, 3.05) is 0 Å². The lowest BCUT2D eigenvalue weighted by molar-refractivity contribution is -0.138. The van der Waals surface area contributed by atoms with Gasteiger partial charge in [0.2, 0.25) is 0 Å². The van der Waals surface area contributed by atoms with Crippen LogP contribution in [0.2, 0.25) is 0 Å². The number of aliphatic hydroxyl groups is 1. The van der Waals surface area contributed by atoms with Gasteiger partial charge in [0.05, 0.1) is 5.56 Å². The van der Waals surface area contributed by atoms with Gasteiger partial charge in [-0.05, 0) is 31.2 Å². The number of hydrogen-bond acceptors (Lipinski definition) is 2. The highest BCUT2D eigenvalue weighted by Gasteiger charge is 2.33. The minimum absolute atomic E-state index is 0.0222. The molecule has 1 aromatic carbocycles. The minimum Gasteiger partial charge on any atom is -0.458 e. The van der Waals surface area contributed by atoms with Crippen LogP contribution in [-0.2, 0) is 6.18 Å². The number of alkyl halides is 3. The lowest BCUT2D eigenvalue weighted by atomic mass is 10.1. The molecule has 0 saturated carbocycles. The van der Waals surface area contributed by atoms with E-state index in [1.54, 1.807) is 0 Å². The molecule has 1 N–H and O–H groups in total. The molecular formula is C13H10BrF3O2. The molecular weight excluding hydrogens is 325 g/mol. The van der Waals surface area contributed by atoms with Crippen LogP contribution >= 0.6 is 15.9 Å². The SMILES string of the molecule is CC(O)c1ccc(-c2ccc(Br)c(C(F)(F)F)c2)o1. The van der Waals surface area contributed by atoms with E-state index in [0.717, 1.165) is 6.07 Å². The molecule has 1 heterocycles. The Morgan fingerprint density at radius 3 is 2.42 bits per heavy atom. The molecule has 2 rings (SSSR count). The summed E-state index contributed by atoms with van der Waals surface area (Å²) in [5, 5.41) is 9.33. The number of benzene rings is 1. The summed E-state index contributed by atoms with van der Waals surface area (Å²) < 4.78 is 43.6. The predicted molar refractivity (Wildman–Crippen MR) is 67.5 cm³/mol. The van der Waals surface area contributed by atoms with Crippen molar-refractivity contribution in [1.82, 2.24) is 0 Å². The highest BCUT2D eigenvalue weighted by atomic mass is 79.9. The maximum atomic E-state index is 12.8. The van der Waals surface area contributed by atoms with Crippen LogP contribution in [0.25, 0.3) is 11.3 Å². The zero-order valence-corrected chi connectivity index (χ0v) is 11.4. The van der Waals surface area contributed by atoms with Crippen molar-refractivity contribution in [1.29, 1.82) is 0 Å². The third-order valence-corrected chi connectivity index (χ3v) is 3.29. The molecule has 2 aromatic rings. The molecule has 0 saturated heterocycles. The van der Waals surface area contributed by atoms with Crippen molar-refractivity contribution in [3.8, 4) is 11.3 Å². The van der Waals surface area contributed by atoms with E-state index in [2.05, 4.69) is 15.9 Å². The summed E-state index contributed by atoms with van der Waals surface area (Å²) in [5.41, 5.74) is -0.456. The fraction of sp³-hybridized carbons (Fsp3) is 0.231. The molecule has 1 aromatic heterocycles. The van der Waals surface area contributed by atoms with Gasteiger partial charge >= 0.3 is 6.18 Å². The van der Waals surface area contributed by atoms with Crippen LogP contribution < -0.4 is 0 Å². The molecule has 1 atom stereocenters. The molecule has 0 aliphatic heterocycles. The average molecular weight is 335 g/mol. The molecule has 0 radical (unpaired) electrons. The van der Waals surface area contributed by atoms with Crippen LogP contribution in [0.4, 0.5) is 13.2 Å². The first-order valence-electron chi connectivity index (χ1n) is 5.44. The van der Waals surface area contributed by atoms with Gasteiger partial charge in [-0.3, -0.25) is 0 Å². The average Bonchev–Trinajstić information content (AvgIpc) is 2.77. The first kappa shape index (κ1) is 14.1. The van der Waals surface area contributed by atoms with Gasteiger partial charge in [-0.2, -0.15) is 13.2 Å². The maximum Gasteiger partial charge on any atom is 0.417 e. The summed E-state index contributed by atoms with van der Waals surface area (Å²) in [6, 6.07) is 6.92. The van der Waals surface area contributed by atoms with Gasteiger partial charge in [0.25, 0.3) is 0 Å². The molecule has 6 heteroatoms. The largest absolute Gasteiger partial charge is 0.458 e. The molecule has 0 aliphatic carbocycles. The Balaban J connectivity index is 2.45. The summed E-state index contributed by atoms with van der Waals surface area (Å²) in [6.07, 6.45) is -5.24. The van der Waals surface area contributed by atoms with Gasteiger partial charge < -0.3 is 9.52 Å². The highest BCUT2D eigenvalue weighted by molar-refractivity contribution is 9.10. The summed E-state index contributed by atoms with van der Waals surface area (Å²) in [6.45, 7) is 1.52. The molecule has 0 aliphatic rings. The molecule has 0 fully saturated rings. The third-order valence-electron chi connectivity index (χ3n) is 2.59. The van der Waals surface area contributed by atoms with Gasteiger partial charge in [0.1, 0.15) is 17.6 Å². The summed E-state index contributed by atoms with van der Waals surface area (Å²) >= 11 is 2.88. The topological polar surface area (TPSA) is 33.4 Å². The zero-order chi connectivity index (χ0) is 14.2. The fourth-order valence-electron chi connectivity index (χ4n) is 1.63. The van der Waals surface area contributed by atoms with Gasteiger partial charge in [-0.25, -0.2) is 0 Å². The number of furan rings is 1. The first-order valence-corrected chi connectivity index (χ1v) is 6.23.